The molecule has 6 heteroatoms. The molecule has 0 fully saturated rings. The van der Waals surface area contributed by atoms with Gasteiger partial charge in [-0.15, -0.1) is 0 Å². The Balaban J connectivity index is 2.07. The lowest BCUT2D eigenvalue weighted by Crippen LogP contribution is -2.40. The summed E-state index contributed by atoms with van der Waals surface area (Å²) in [4.78, 5) is 51.3. The van der Waals surface area contributed by atoms with E-state index in [0.717, 1.165) is 11.1 Å². The van der Waals surface area contributed by atoms with E-state index in [0.29, 0.717) is 12.8 Å². The van der Waals surface area contributed by atoms with E-state index in [1.165, 1.54) is 12.2 Å². The molecule has 0 heterocycles. The second kappa shape index (κ2) is 12.0. The van der Waals surface area contributed by atoms with Crippen LogP contribution in [0.5, 0.6) is 0 Å². The average Bonchev–Trinajstić information content (AvgIpc) is 2.78. The van der Waals surface area contributed by atoms with Crippen LogP contribution in [-0.2, 0) is 19.2 Å². The van der Waals surface area contributed by atoms with Crippen molar-refractivity contribution in [1.29, 1.82) is 0 Å². The number of carbonyl (C=O) groups excluding carboxylic acids is 4. The van der Waals surface area contributed by atoms with Crippen molar-refractivity contribution in [3.63, 3.8) is 0 Å². The van der Waals surface area contributed by atoms with Gasteiger partial charge in [-0.05, 0) is 57.5 Å². The van der Waals surface area contributed by atoms with Gasteiger partial charge in [-0.2, -0.15) is 0 Å². The topological polar surface area (TPSA) is 92.3 Å². The summed E-state index contributed by atoms with van der Waals surface area (Å²) in [6.45, 7) is 24.7. The molecule has 40 heavy (non-hydrogen) atoms. The van der Waals surface area contributed by atoms with Gasteiger partial charge in [0.2, 0.25) is 0 Å². The van der Waals surface area contributed by atoms with Crippen LogP contribution < -0.4 is 10.9 Å². The number of hydrogen-bond acceptors (Lipinski definition) is 4. The summed E-state index contributed by atoms with van der Waals surface area (Å²) in [6, 6.07) is 0. The Morgan fingerprint density at radius 2 is 0.925 bits per heavy atom. The van der Waals surface area contributed by atoms with Gasteiger partial charge >= 0.3 is 0 Å². The standard InChI is InChI=1S/C34H52N2O4/c1-31(2,3)23-17-21(18-24(29(23)39)32(4,5)6)13-15-27(37)35-36-28(38)16-14-22-19-25(33(7,8)9)30(40)26(20-22)34(10,11)12/h13-17,19,21-22,24,26H,18,20H2,1-12H3,(H,35,37)(H,36,38). The van der Waals surface area contributed by atoms with E-state index in [2.05, 4.69) is 52.4 Å². The fraction of sp³-hybridized carbons (Fsp3) is 0.647. The first-order valence-electron chi connectivity index (χ1n) is 14.5. The molecule has 4 unspecified atom stereocenters. The SMILES string of the molecule is CC(C)(C)C1=CC(C=CC(=O)NNC(=O)C=CC2C=C(C(C)(C)C)C(=O)C(C(C)(C)C)C2)CC(C(C)(C)C)C1=O. The monoisotopic (exact) mass is 552 g/mol. The summed E-state index contributed by atoms with van der Waals surface area (Å²) in [6.07, 6.45) is 11.7. The zero-order valence-electron chi connectivity index (χ0n) is 26.8. The summed E-state index contributed by atoms with van der Waals surface area (Å²) < 4.78 is 0. The number of carbonyl (C=O) groups is 4. The van der Waals surface area contributed by atoms with Crippen LogP contribution in [0.4, 0.5) is 0 Å². The quantitative estimate of drug-likeness (QED) is 0.300. The van der Waals surface area contributed by atoms with E-state index in [1.807, 2.05) is 53.7 Å². The molecule has 2 N–H and O–H groups in total. The lowest BCUT2D eigenvalue weighted by Gasteiger charge is -2.38. The first kappa shape index (κ1) is 33.4. The van der Waals surface area contributed by atoms with Crippen LogP contribution in [0.25, 0.3) is 0 Å². The van der Waals surface area contributed by atoms with Crippen molar-refractivity contribution in [2.75, 3.05) is 0 Å². The van der Waals surface area contributed by atoms with E-state index in [4.69, 9.17) is 0 Å². The number of amides is 2. The van der Waals surface area contributed by atoms with Crippen molar-refractivity contribution in [1.82, 2.24) is 10.9 Å². The maximum atomic E-state index is 13.2. The fourth-order valence-electron chi connectivity index (χ4n) is 5.49. The average molecular weight is 553 g/mol. The third-order valence-corrected chi connectivity index (χ3v) is 7.95. The maximum absolute atomic E-state index is 13.2. The Morgan fingerprint density at radius 3 is 1.18 bits per heavy atom. The van der Waals surface area contributed by atoms with E-state index >= 15 is 0 Å². The molecule has 4 atom stereocenters. The summed E-state index contributed by atoms with van der Waals surface area (Å²) in [5.74, 6) is -0.866. The van der Waals surface area contributed by atoms with Gasteiger partial charge in [-0.3, -0.25) is 30.0 Å². The summed E-state index contributed by atoms with van der Waals surface area (Å²) in [5.41, 5.74) is 5.55. The van der Waals surface area contributed by atoms with Crippen LogP contribution in [-0.4, -0.2) is 23.4 Å². The molecule has 0 saturated heterocycles. The zero-order chi connectivity index (χ0) is 30.8. The second-order valence-corrected chi connectivity index (χ2v) is 15.7. The molecule has 6 nitrogen and oxygen atoms in total. The number of hydrogen-bond donors (Lipinski definition) is 2. The molecule has 0 aromatic carbocycles. The molecule has 0 aromatic rings. The van der Waals surface area contributed by atoms with Crippen LogP contribution in [0.3, 0.4) is 0 Å². The Bertz CT molecular complexity index is 1030. The molecular formula is C34H52N2O4. The largest absolute Gasteiger partial charge is 0.294 e. The highest BCUT2D eigenvalue weighted by Crippen LogP contribution is 2.44. The number of hydrazine groups is 1. The number of allylic oxidation sites excluding steroid dienone is 6. The highest BCUT2D eigenvalue weighted by molar-refractivity contribution is 6.00. The third kappa shape index (κ3) is 8.87. The van der Waals surface area contributed by atoms with Crippen molar-refractivity contribution < 1.29 is 19.2 Å². The highest BCUT2D eigenvalue weighted by atomic mass is 16.2. The van der Waals surface area contributed by atoms with Gasteiger partial charge in [0.1, 0.15) is 0 Å². The van der Waals surface area contributed by atoms with Crippen LogP contribution in [0.2, 0.25) is 0 Å². The maximum Gasteiger partial charge on any atom is 0.262 e. The Labute approximate surface area is 242 Å². The lowest BCUT2D eigenvalue weighted by molar-refractivity contribution is -0.125. The molecule has 2 aliphatic rings. The molecule has 2 aliphatic carbocycles. The van der Waals surface area contributed by atoms with E-state index in [1.54, 1.807) is 12.2 Å². The summed E-state index contributed by atoms with van der Waals surface area (Å²) >= 11 is 0. The lowest BCUT2D eigenvalue weighted by atomic mass is 9.65. The Hall–Kier alpha value is -2.76. The minimum absolute atomic E-state index is 0.0499. The molecule has 0 saturated carbocycles. The smallest absolute Gasteiger partial charge is 0.262 e. The number of nitrogens with one attached hydrogen (secondary N) is 2. The molecule has 2 amide bonds. The van der Waals surface area contributed by atoms with E-state index < -0.39 is 11.8 Å². The second-order valence-electron chi connectivity index (χ2n) is 15.7. The minimum atomic E-state index is -0.442. The van der Waals surface area contributed by atoms with Gasteiger partial charge in [-0.25, -0.2) is 0 Å². The molecule has 0 spiro atoms. The third-order valence-electron chi connectivity index (χ3n) is 7.95. The van der Waals surface area contributed by atoms with Gasteiger partial charge < -0.3 is 0 Å². The Morgan fingerprint density at radius 1 is 0.625 bits per heavy atom. The van der Waals surface area contributed by atoms with E-state index in [9.17, 15) is 19.2 Å². The number of Topliss-reactive ketones (excluding diaryl/α,β-unsaturated/α-hetero) is 2. The predicted octanol–water partition coefficient (Wildman–Crippen LogP) is 6.69. The number of rotatable bonds is 4. The molecule has 0 aromatic heterocycles. The van der Waals surface area contributed by atoms with Crippen LogP contribution in [0.15, 0.2) is 47.6 Å². The van der Waals surface area contributed by atoms with Crippen molar-refractivity contribution in [2.24, 2.45) is 45.3 Å². The normalized spacial score (nSPS) is 25.2. The van der Waals surface area contributed by atoms with Gasteiger partial charge in [0.25, 0.3) is 11.8 Å². The summed E-state index contributed by atoms with van der Waals surface area (Å²) in [7, 11) is 0. The molecular weight excluding hydrogens is 500 g/mol. The molecule has 0 bridgehead atoms. The van der Waals surface area contributed by atoms with Gasteiger partial charge in [-0.1, -0.05) is 107 Å². The van der Waals surface area contributed by atoms with Crippen molar-refractivity contribution >= 4 is 23.4 Å². The molecule has 0 aliphatic heterocycles. The van der Waals surface area contributed by atoms with Gasteiger partial charge in [0.05, 0.1) is 0 Å². The zero-order valence-corrected chi connectivity index (χ0v) is 26.8. The minimum Gasteiger partial charge on any atom is -0.294 e. The predicted molar refractivity (Wildman–Crippen MR) is 162 cm³/mol. The molecule has 0 radical (unpaired) electrons. The number of ketones is 2. The van der Waals surface area contributed by atoms with Crippen molar-refractivity contribution in [2.45, 2.75) is 95.9 Å². The van der Waals surface area contributed by atoms with Crippen molar-refractivity contribution in [3.8, 4) is 0 Å². The highest BCUT2D eigenvalue weighted by Gasteiger charge is 2.41. The fourth-order valence-corrected chi connectivity index (χ4v) is 5.49. The first-order chi connectivity index (χ1) is 18.0. The van der Waals surface area contributed by atoms with Crippen molar-refractivity contribution in [3.05, 3.63) is 47.6 Å². The van der Waals surface area contributed by atoms with Crippen LogP contribution in [0, 0.1) is 45.3 Å². The molecule has 2 rings (SSSR count). The van der Waals surface area contributed by atoms with Gasteiger partial charge in [0, 0.05) is 24.0 Å². The Kier molecular flexibility index (Phi) is 10.0. The van der Waals surface area contributed by atoms with Gasteiger partial charge in [0.15, 0.2) is 11.6 Å². The van der Waals surface area contributed by atoms with Crippen LogP contribution in [0.1, 0.15) is 95.9 Å². The van der Waals surface area contributed by atoms with Crippen LogP contribution >= 0.6 is 0 Å². The first-order valence-corrected chi connectivity index (χ1v) is 14.5. The van der Waals surface area contributed by atoms with E-state index in [-0.39, 0.29) is 56.9 Å². The molecule has 222 valence electrons. The summed E-state index contributed by atoms with van der Waals surface area (Å²) in [5, 5.41) is 0.